The van der Waals surface area contributed by atoms with Crippen LogP contribution in [0.1, 0.15) is 93.4 Å². The molecule has 39 heavy (non-hydrogen) atoms. The summed E-state index contributed by atoms with van der Waals surface area (Å²) in [5.74, 6) is -1.82. The van der Waals surface area contributed by atoms with Crippen molar-refractivity contribution in [2.24, 2.45) is 50.2 Å². The average molecular weight is 540 g/mol. The highest BCUT2D eigenvalue weighted by Crippen LogP contribution is 2.75. The van der Waals surface area contributed by atoms with Crippen molar-refractivity contribution in [2.75, 3.05) is 7.11 Å². The molecule has 9 atom stereocenters. The summed E-state index contributed by atoms with van der Waals surface area (Å²) in [5.41, 5.74) is -5.77. The third kappa shape index (κ3) is 3.14. The smallest absolute Gasteiger partial charge is 0.312 e. The van der Waals surface area contributed by atoms with Gasteiger partial charge in [-0.05, 0) is 79.1 Å². The topological polar surface area (TPSA) is 125 Å². The number of ketones is 2. The first-order valence-electron chi connectivity index (χ1n) is 14.5. The summed E-state index contributed by atoms with van der Waals surface area (Å²) >= 11 is 0. The van der Waals surface area contributed by atoms with E-state index in [2.05, 4.69) is 27.7 Å². The molecular weight excluding hydrogens is 494 g/mol. The third-order valence-corrected chi connectivity index (χ3v) is 13.1. The molecule has 5 aliphatic carbocycles. The number of ether oxygens (including phenoxy) is 1. The van der Waals surface area contributed by atoms with Crippen LogP contribution < -0.4 is 0 Å². The summed E-state index contributed by atoms with van der Waals surface area (Å²) in [6.45, 7) is 14.1. The molecule has 0 aromatic rings. The van der Waals surface area contributed by atoms with Gasteiger partial charge in [0.1, 0.15) is 12.2 Å². The number of rotatable bonds is 1. The van der Waals surface area contributed by atoms with Gasteiger partial charge in [-0.15, -0.1) is 0 Å². The Morgan fingerprint density at radius 3 is 2.23 bits per heavy atom. The molecule has 0 spiro atoms. The van der Waals surface area contributed by atoms with Crippen molar-refractivity contribution in [1.82, 2.24) is 0 Å². The second-order valence-electron chi connectivity index (χ2n) is 15.5. The van der Waals surface area contributed by atoms with Crippen molar-refractivity contribution < 1.29 is 29.3 Å². The molecule has 0 amide bonds. The van der Waals surface area contributed by atoms with E-state index < -0.39 is 44.6 Å². The fourth-order valence-corrected chi connectivity index (χ4v) is 10.7. The molecule has 5 rings (SSSR count). The highest BCUT2D eigenvalue weighted by Gasteiger charge is 2.75. The molecule has 7 nitrogen and oxygen atoms in total. The average Bonchev–Trinajstić information content (AvgIpc) is 2.87. The van der Waals surface area contributed by atoms with Crippen LogP contribution in [0.4, 0.5) is 0 Å². The largest absolute Gasteiger partial charge is 0.469 e. The van der Waals surface area contributed by atoms with Crippen LogP contribution in [-0.2, 0) is 19.1 Å². The molecule has 214 valence electrons. The van der Waals surface area contributed by atoms with Crippen LogP contribution in [0.2, 0.25) is 0 Å². The van der Waals surface area contributed by atoms with E-state index in [1.54, 1.807) is 26.0 Å². The predicted octanol–water partition coefficient (Wildman–Crippen LogP) is 4.54. The van der Waals surface area contributed by atoms with Gasteiger partial charge in [-0.2, -0.15) is 5.26 Å². The number of aliphatic hydroxyl groups is 2. The van der Waals surface area contributed by atoms with Crippen LogP contribution in [0.25, 0.3) is 0 Å². The number of allylic oxidation sites excluding steroid dienone is 1. The number of fused-ring (bicyclic) bond motifs is 7. The van der Waals surface area contributed by atoms with E-state index in [0.717, 1.165) is 24.8 Å². The zero-order chi connectivity index (χ0) is 29.2. The number of Topliss-reactive ketones (excluding diaryl/α,β-unsaturated/α-hetero) is 1. The number of esters is 1. The van der Waals surface area contributed by atoms with Crippen LogP contribution in [0.3, 0.4) is 0 Å². The Balaban J connectivity index is 1.72. The lowest BCUT2D eigenvalue weighted by atomic mass is 9.33. The molecule has 4 saturated carbocycles. The van der Waals surface area contributed by atoms with Crippen LogP contribution in [0.15, 0.2) is 11.6 Å². The number of hydrogen-bond donors (Lipinski definition) is 2. The number of aliphatic hydroxyl groups excluding tert-OH is 1. The molecule has 0 bridgehead atoms. The Kier molecular flexibility index (Phi) is 5.87. The highest BCUT2D eigenvalue weighted by atomic mass is 16.5. The van der Waals surface area contributed by atoms with Gasteiger partial charge in [0, 0.05) is 16.7 Å². The van der Waals surface area contributed by atoms with Gasteiger partial charge in [-0.25, -0.2) is 0 Å². The molecule has 3 unspecified atom stereocenters. The van der Waals surface area contributed by atoms with Crippen molar-refractivity contribution in [2.45, 2.75) is 105 Å². The number of nitrogens with zero attached hydrogens (tertiary/aromatic N) is 1. The van der Waals surface area contributed by atoms with Gasteiger partial charge in [-0.3, -0.25) is 14.4 Å². The molecular formula is C32H45NO6. The van der Waals surface area contributed by atoms with Gasteiger partial charge in [0.25, 0.3) is 0 Å². The van der Waals surface area contributed by atoms with Crippen molar-refractivity contribution in [3.8, 4) is 6.07 Å². The summed E-state index contributed by atoms with van der Waals surface area (Å²) in [4.78, 5) is 41.2. The molecule has 0 aromatic carbocycles. The summed E-state index contributed by atoms with van der Waals surface area (Å²) in [5, 5.41) is 33.0. The number of carbonyl (C=O) groups is 3. The second kappa shape index (κ2) is 8.03. The Hall–Kier alpha value is -2.04. The summed E-state index contributed by atoms with van der Waals surface area (Å²) in [7, 11) is 1.44. The van der Waals surface area contributed by atoms with E-state index in [1.165, 1.54) is 7.11 Å². The van der Waals surface area contributed by atoms with E-state index in [1.807, 2.05) is 6.92 Å². The van der Waals surface area contributed by atoms with Crippen molar-refractivity contribution in [1.29, 1.82) is 5.26 Å². The minimum absolute atomic E-state index is 0.0114. The lowest BCUT2D eigenvalue weighted by Gasteiger charge is -2.70. The van der Waals surface area contributed by atoms with Crippen LogP contribution >= 0.6 is 0 Å². The number of methoxy groups -OCH3 is 1. The molecule has 0 saturated heterocycles. The Morgan fingerprint density at radius 1 is 1.03 bits per heavy atom. The molecule has 0 aliphatic heterocycles. The Bertz CT molecular complexity index is 1230. The molecule has 4 fully saturated rings. The number of carbonyl (C=O) groups excluding carboxylic acids is 3. The van der Waals surface area contributed by atoms with Gasteiger partial charge in [0.15, 0.2) is 11.6 Å². The minimum atomic E-state index is -2.56. The van der Waals surface area contributed by atoms with Crippen LogP contribution in [0, 0.1) is 61.6 Å². The normalized spacial score (nSPS) is 49.8. The molecule has 0 radical (unpaired) electrons. The highest BCUT2D eigenvalue weighted by molar-refractivity contribution is 5.99. The number of nitriles is 1. The summed E-state index contributed by atoms with van der Waals surface area (Å²) in [6, 6.07) is 1.74. The standard InChI is InChI=1S/C32H45NO6/c1-26(2)11-13-31(25(37)39-8)14-12-29(6)22(18(31)16-26)19(34)15-21-28(29,5)10-9-20-27(3,4)23(35)32(38,17-33)24(36)30(20,21)7/h15,18,20,22,24,36,38H,9-14,16H2,1-8H3/t18?,20?,22?,24-,28-,29-,30+,31+,32+/m1/s1. The van der Waals surface area contributed by atoms with Gasteiger partial charge in [0.05, 0.1) is 12.5 Å². The minimum Gasteiger partial charge on any atom is -0.469 e. The second-order valence-corrected chi connectivity index (χ2v) is 15.5. The fraction of sp³-hybridized carbons (Fsp3) is 0.812. The van der Waals surface area contributed by atoms with Gasteiger partial charge >= 0.3 is 5.97 Å². The molecule has 2 N–H and O–H groups in total. The first-order valence-corrected chi connectivity index (χ1v) is 14.5. The first-order chi connectivity index (χ1) is 17.8. The van der Waals surface area contributed by atoms with Gasteiger partial charge in [-0.1, -0.05) is 54.0 Å². The van der Waals surface area contributed by atoms with Crippen molar-refractivity contribution in [3.05, 3.63) is 11.6 Å². The van der Waals surface area contributed by atoms with E-state index >= 15 is 0 Å². The number of hydrogen-bond acceptors (Lipinski definition) is 7. The summed E-state index contributed by atoms with van der Waals surface area (Å²) in [6.07, 6.45) is 5.01. The van der Waals surface area contributed by atoms with Crippen LogP contribution in [0.5, 0.6) is 0 Å². The maximum atomic E-state index is 14.4. The van der Waals surface area contributed by atoms with E-state index in [0.29, 0.717) is 25.7 Å². The van der Waals surface area contributed by atoms with Crippen molar-refractivity contribution >= 4 is 17.5 Å². The zero-order valence-electron chi connectivity index (χ0n) is 24.8. The molecule has 0 aromatic heterocycles. The zero-order valence-corrected chi connectivity index (χ0v) is 24.8. The first kappa shape index (κ1) is 28.5. The van der Waals surface area contributed by atoms with Gasteiger partial charge < -0.3 is 14.9 Å². The molecule has 7 heteroatoms. The maximum Gasteiger partial charge on any atom is 0.312 e. The van der Waals surface area contributed by atoms with Gasteiger partial charge in [0.2, 0.25) is 5.60 Å². The quantitative estimate of drug-likeness (QED) is 0.370. The van der Waals surface area contributed by atoms with E-state index in [-0.39, 0.29) is 34.9 Å². The Labute approximate surface area is 232 Å². The molecule has 5 aliphatic rings. The fourth-order valence-electron chi connectivity index (χ4n) is 10.7. The van der Waals surface area contributed by atoms with E-state index in [9.17, 15) is 29.9 Å². The maximum absolute atomic E-state index is 14.4. The Morgan fingerprint density at radius 2 is 1.64 bits per heavy atom. The monoisotopic (exact) mass is 539 g/mol. The van der Waals surface area contributed by atoms with Crippen molar-refractivity contribution in [3.63, 3.8) is 0 Å². The summed E-state index contributed by atoms with van der Waals surface area (Å²) < 4.78 is 5.38. The molecule has 0 heterocycles. The van der Waals surface area contributed by atoms with Crippen LogP contribution in [-0.4, -0.2) is 46.6 Å². The lowest BCUT2D eigenvalue weighted by Crippen LogP contribution is -2.73. The predicted molar refractivity (Wildman–Crippen MR) is 144 cm³/mol. The third-order valence-electron chi connectivity index (χ3n) is 13.1. The lowest BCUT2D eigenvalue weighted by molar-refractivity contribution is -0.213. The SMILES string of the molecule is COC(=O)[C@]12CCC(C)(C)CC1C1C(=O)C=C3[C@]4(C)C(CC[C@@]3(C)[C@]1(C)CC2)C(C)(C)C(=O)[C@@](O)(C#N)[C@@H]4O. The van der Waals surface area contributed by atoms with E-state index in [4.69, 9.17) is 4.74 Å².